The van der Waals surface area contributed by atoms with Crippen LogP contribution in [0.15, 0.2) is 10.4 Å². The number of ether oxygens (including phenoxy) is 1. The summed E-state index contributed by atoms with van der Waals surface area (Å²) >= 11 is 1.76. The molecule has 1 aliphatic heterocycles. The summed E-state index contributed by atoms with van der Waals surface area (Å²) in [6.45, 7) is 13.1. The van der Waals surface area contributed by atoms with Gasteiger partial charge in [0.15, 0.2) is 5.96 Å². The minimum Gasteiger partial charge on any atom is -0.378 e. The van der Waals surface area contributed by atoms with Gasteiger partial charge in [-0.25, -0.2) is 4.98 Å². The number of aliphatic imine (C=N–C) groups is 1. The standard InChI is InChI=1S/C18H32N4OS/c1-5-19-18(22-11-8-16(9-12-22)23-6-2)20-10-7-15-13-24-17(21-15)14(3)4/h13-14,16H,5-12H2,1-4H3,(H,19,20). The molecule has 6 heteroatoms. The predicted molar refractivity (Wildman–Crippen MR) is 102 cm³/mol. The fourth-order valence-electron chi connectivity index (χ4n) is 2.87. The van der Waals surface area contributed by atoms with Gasteiger partial charge in [0, 0.05) is 50.5 Å². The molecule has 0 amide bonds. The molecule has 0 unspecified atom stereocenters. The summed E-state index contributed by atoms with van der Waals surface area (Å²) in [5.74, 6) is 1.54. The highest BCUT2D eigenvalue weighted by Crippen LogP contribution is 2.19. The molecule has 2 rings (SSSR count). The number of guanidine groups is 1. The van der Waals surface area contributed by atoms with Crippen molar-refractivity contribution in [3.8, 4) is 0 Å². The first kappa shape index (κ1) is 19.2. The van der Waals surface area contributed by atoms with Crippen molar-refractivity contribution in [3.05, 3.63) is 16.1 Å². The number of piperidine rings is 1. The third-order valence-electron chi connectivity index (χ3n) is 4.17. The van der Waals surface area contributed by atoms with E-state index in [9.17, 15) is 0 Å². The summed E-state index contributed by atoms with van der Waals surface area (Å²) in [7, 11) is 0. The highest BCUT2D eigenvalue weighted by Gasteiger charge is 2.21. The van der Waals surface area contributed by atoms with E-state index in [-0.39, 0.29) is 0 Å². The molecule has 0 aliphatic carbocycles. The van der Waals surface area contributed by atoms with Crippen LogP contribution in [0.4, 0.5) is 0 Å². The summed E-state index contributed by atoms with van der Waals surface area (Å²) in [5.41, 5.74) is 1.17. The molecule has 0 bridgehead atoms. The Morgan fingerprint density at radius 1 is 1.42 bits per heavy atom. The number of nitrogens with zero attached hydrogens (tertiary/aromatic N) is 3. The van der Waals surface area contributed by atoms with Crippen LogP contribution in [0.25, 0.3) is 0 Å². The van der Waals surface area contributed by atoms with Gasteiger partial charge in [0.2, 0.25) is 0 Å². The first-order chi connectivity index (χ1) is 11.6. The first-order valence-corrected chi connectivity index (χ1v) is 10.1. The largest absolute Gasteiger partial charge is 0.378 e. The van der Waals surface area contributed by atoms with Crippen molar-refractivity contribution in [2.24, 2.45) is 4.99 Å². The van der Waals surface area contributed by atoms with Gasteiger partial charge >= 0.3 is 0 Å². The molecule has 136 valence electrons. The molecule has 1 aromatic rings. The second kappa shape index (κ2) is 9.99. The SMILES string of the molecule is CCNC(=NCCc1csc(C(C)C)n1)N1CCC(OCC)CC1. The summed E-state index contributed by atoms with van der Waals surface area (Å²) < 4.78 is 5.74. The maximum atomic E-state index is 5.74. The molecule has 0 aromatic carbocycles. The van der Waals surface area contributed by atoms with E-state index in [1.54, 1.807) is 11.3 Å². The molecule has 1 aliphatic rings. The molecule has 1 aromatic heterocycles. The lowest BCUT2D eigenvalue weighted by Gasteiger charge is -2.34. The topological polar surface area (TPSA) is 49.8 Å². The van der Waals surface area contributed by atoms with E-state index in [2.05, 4.69) is 43.3 Å². The third kappa shape index (κ3) is 5.74. The normalized spacial score (nSPS) is 16.9. The van der Waals surface area contributed by atoms with E-state index in [4.69, 9.17) is 14.7 Å². The van der Waals surface area contributed by atoms with Crippen LogP contribution in [0.5, 0.6) is 0 Å². The highest BCUT2D eigenvalue weighted by molar-refractivity contribution is 7.09. The number of nitrogens with one attached hydrogen (secondary N) is 1. The van der Waals surface area contributed by atoms with Gasteiger partial charge in [0.25, 0.3) is 0 Å². The van der Waals surface area contributed by atoms with Crippen molar-refractivity contribution in [1.82, 2.24) is 15.2 Å². The van der Waals surface area contributed by atoms with E-state index in [0.29, 0.717) is 12.0 Å². The maximum Gasteiger partial charge on any atom is 0.193 e. The molecular formula is C18H32N4OS. The summed E-state index contributed by atoms with van der Waals surface area (Å²) in [5, 5.41) is 6.82. The van der Waals surface area contributed by atoms with Gasteiger partial charge in [-0.2, -0.15) is 0 Å². The number of thiazole rings is 1. The quantitative estimate of drug-likeness (QED) is 0.604. The van der Waals surface area contributed by atoms with Crippen LogP contribution in [0.3, 0.4) is 0 Å². The van der Waals surface area contributed by atoms with E-state index in [1.807, 2.05) is 0 Å². The minimum atomic E-state index is 0.415. The Labute approximate surface area is 150 Å². The Morgan fingerprint density at radius 2 is 2.17 bits per heavy atom. The Bertz CT molecular complexity index is 507. The number of rotatable bonds is 7. The van der Waals surface area contributed by atoms with Crippen molar-refractivity contribution in [3.63, 3.8) is 0 Å². The minimum absolute atomic E-state index is 0.415. The zero-order chi connectivity index (χ0) is 17.4. The van der Waals surface area contributed by atoms with Crippen molar-refractivity contribution >= 4 is 17.3 Å². The lowest BCUT2D eigenvalue weighted by atomic mass is 10.1. The van der Waals surface area contributed by atoms with Crippen molar-refractivity contribution in [1.29, 1.82) is 0 Å². The van der Waals surface area contributed by atoms with Crippen molar-refractivity contribution in [2.75, 3.05) is 32.8 Å². The average molecular weight is 353 g/mol. The Hall–Kier alpha value is -1.14. The second-order valence-corrected chi connectivity index (χ2v) is 7.35. The lowest BCUT2D eigenvalue weighted by molar-refractivity contribution is 0.0264. The molecule has 0 atom stereocenters. The smallest absolute Gasteiger partial charge is 0.193 e. The number of hydrogen-bond acceptors (Lipinski definition) is 4. The summed E-state index contributed by atoms with van der Waals surface area (Å²) in [6.07, 6.45) is 3.50. The molecule has 0 spiro atoms. The van der Waals surface area contributed by atoms with Gasteiger partial charge in [-0.3, -0.25) is 4.99 Å². The molecule has 1 fully saturated rings. The van der Waals surface area contributed by atoms with Crippen LogP contribution in [0.2, 0.25) is 0 Å². The monoisotopic (exact) mass is 352 g/mol. The van der Waals surface area contributed by atoms with E-state index >= 15 is 0 Å². The highest BCUT2D eigenvalue weighted by atomic mass is 32.1. The number of aromatic nitrogens is 1. The van der Waals surface area contributed by atoms with Crippen LogP contribution >= 0.6 is 11.3 Å². The summed E-state index contributed by atoms with van der Waals surface area (Å²) in [4.78, 5) is 11.9. The van der Waals surface area contributed by atoms with Crippen LogP contribution in [-0.4, -0.2) is 54.7 Å². The zero-order valence-corrected chi connectivity index (χ0v) is 16.4. The van der Waals surface area contributed by atoms with Gasteiger partial charge in [0.1, 0.15) is 0 Å². The van der Waals surface area contributed by atoms with Gasteiger partial charge < -0.3 is 15.0 Å². The maximum absolute atomic E-state index is 5.74. The van der Waals surface area contributed by atoms with Crippen LogP contribution in [0, 0.1) is 0 Å². The van der Waals surface area contributed by atoms with E-state index in [1.165, 1.54) is 10.7 Å². The third-order valence-corrected chi connectivity index (χ3v) is 5.37. The van der Waals surface area contributed by atoms with Gasteiger partial charge in [-0.1, -0.05) is 13.8 Å². The van der Waals surface area contributed by atoms with Gasteiger partial charge in [-0.05, 0) is 26.7 Å². The van der Waals surface area contributed by atoms with Crippen LogP contribution in [0.1, 0.15) is 57.2 Å². The molecule has 0 saturated carbocycles. The molecule has 2 heterocycles. The fourth-order valence-corrected chi connectivity index (χ4v) is 3.74. The Kier molecular flexibility index (Phi) is 7.99. The molecule has 5 nitrogen and oxygen atoms in total. The summed E-state index contributed by atoms with van der Waals surface area (Å²) in [6, 6.07) is 0. The van der Waals surface area contributed by atoms with Gasteiger partial charge in [0.05, 0.1) is 16.8 Å². The van der Waals surface area contributed by atoms with Crippen molar-refractivity contribution in [2.45, 2.75) is 59.0 Å². The molecule has 1 saturated heterocycles. The fraction of sp³-hybridized carbons (Fsp3) is 0.778. The molecular weight excluding hydrogens is 320 g/mol. The van der Waals surface area contributed by atoms with E-state index < -0.39 is 0 Å². The van der Waals surface area contributed by atoms with Crippen LogP contribution in [-0.2, 0) is 11.2 Å². The predicted octanol–water partition coefficient (Wildman–Crippen LogP) is 3.28. The number of hydrogen-bond donors (Lipinski definition) is 1. The van der Waals surface area contributed by atoms with Crippen molar-refractivity contribution < 1.29 is 4.74 Å². The molecule has 1 N–H and O–H groups in total. The first-order valence-electron chi connectivity index (χ1n) is 9.23. The average Bonchev–Trinajstić information content (AvgIpc) is 3.04. The lowest BCUT2D eigenvalue weighted by Crippen LogP contribution is -2.47. The molecule has 0 radical (unpaired) electrons. The van der Waals surface area contributed by atoms with E-state index in [0.717, 1.165) is 58.0 Å². The van der Waals surface area contributed by atoms with Crippen LogP contribution < -0.4 is 5.32 Å². The zero-order valence-electron chi connectivity index (χ0n) is 15.5. The number of likely N-dealkylation sites (tertiary alicyclic amines) is 1. The Morgan fingerprint density at radius 3 is 2.75 bits per heavy atom. The van der Waals surface area contributed by atoms with Gasteiger partial charge in [-0.15, -0.1) is 11.3 Å². The second-order valence-electron chi connectivity index (χ2n) is 6.46. The molecule has 24 heavy (non-hydrogen) atoms. The Balaban J connectivity index is 1.86.